The Labute approximate surface area is 204 Å². The van der Waals surface area contributed by atoms with Crippen LogP contribution in [0.25, 0.3) is 0 Å². The van der Waals surface area contributed by atoms with E-state index in [1.165, 1.54) is 42.6 Å². The molecule has 0 spiro atoms. The fourth-order valence-electron chi connectivity index (χ4n) is 4.42. The van der Waals surface area contributed by atoms with Crippen LogP contribution >= 0.6 is 0 Å². The van der Waals surface area contributed by atoms with Crippen molar-refractivity contribution in [3.8, 4) is 0 Å². The van der Waals surface area contributed by atoms with Gasteiger partial charge in [-0.3, -0.25) is 9.69 Å². The molecule has 1 heterocycles. The summed E-state index contributed by atoms with van der Waals surface area (Å²) in [7, 11) is 0. The van der Waals surface area contributed by atoms with Crippen LogP contribution in [-0.4, -0.2) is 42.2 Å². The molecule has 1 N–H and O–H groups in total. The number of benzene rings is 1. The lowest BCUT2D eigenvalue weighted by Crippen LogP contribution is -2.23. The van der Waals surface area contributed by atoms with Crippen LogP contribution in [0, 0.1) is 5.92 Å². The van der Waals surface area contributed by atoms with E-state index in [2.05, 4.69) is 59.5 Å². The Morgan fingerprint density at radius 1 is 1.15 bits per heavy atom. The van der Waals surface area contributed by atoms with Gasteiger partial charge in [0, 0.05) is 19.5 Å². The zero-order valence-electron chi connectivity index (χ0n) is 20.2. The number of ether oxygens (including phenoxy) is 1. The minimum absolute atomic E-state index is 0.128. The molecule has 1 unspecified atom stereocenters. The molecule has 1 aromatic carbocycles. The van der Waals surface area contributed by atoms with Crippen LogP contribution in [0.2, 0.25) is 0 Å². The van der Waals surface area contributed by atoms with Crippen molar-refractivity contribution in [2.75, 3.05) is 26.2 Å². The van der Waals surface area contributed by atoms with E-state index in [9.17, 15) is 4.79 Å². The lowest BCUT2D eigenvalue weighted by molar-refractivity contribution is -0.136. The van der Waals surface area contributed by atoms with Crippen molar-refractivity contribution in [1.29, 1.82) is 0 Å². The van der Waals surface area contributed by atoms with Crippen LogP contribution in [0.3, 0.4) is 0 Å². The molecule has 180 valence electrons. The van der Waals surface area contributed by atoms with Gasteiger partial charge in [-0.15, -0.1) is 0 Å². The summed E-state index contributed by atoms with van der Waals surface area (Å²) >= 11 is 0. The topological polar surface area (TPSA) is 49.8 Å². The Bertz CT molecular complexity index is 966. The molecule has 0 amide bonds. The molecule has 1 aliphatic heterocycles. The highest BCUT2D eigenvalue weighted by Gasteiger charge is 2.22. The van der Waals surface area contributed by atoms with Crippen LogP contribution < -0.4 is 0 Å². The van der Waals surface area contributed by atoms with Gasteiger partial charge in [-0.05, 0) is 73.4 Å². The number of aliphatic carboxylic acids is 1. The Morgan fingerprint density at radius 2 is 1.94 bits per heavy atom. The fourth-order valence-corrected chi connectivity index (χ4v) is 4.42. The normalized spacial score (nSPS) is 19.4. The predicted octanol–water partition coefficient (Wildman–Crippen LogP) is 6.26. The van der Waals surface area contributed by atoms with Gasteiger partial charge in [-0.25, -0.2) is 0 Å². The van der Waals surface area contributed by atoms with Crippen molar-refractivity contribution in [3.05, 3.63) is 107 Å². The number of hydrogen-bond donors (Lipinski definition) is 1. The number of carbonyl (C=O) groups is 1. The summed E-state index contributed by atoms with van der Waals surface area (Å²) in [6.45, 7) is 5.81. The molecule has 0 saturated carbocycles. The van der Waals surface area contributed by atoms with Crippen molar-refractivity contribution in [1.82, 2.24) is 4.90 Å². The van der Waals surface area contributed by atoms with Crippen LogP contribution in [-0.2, 0) is 16.0 Å². The van der Waals surface area contributed by atoms with Gasteiger partial charge >= 0.3 is 5.97 Å². The van der Waals surface area contributed by atoms with E-state index in [0.717, 1.165) is 24.5 Å². The Hall–Kier alpha value is -3.11. The second kappa shape index (κ2) is 14.2. The van der Waals surface area contributed by atoms with E-state index in [4.69, 9.17) is 9.84 Å². The van der Waals surface area contributed by atoms with Crippen molar-refractivity contribution >= 4 is 5.97 Å². The number of likely N-dealkylation sites (tertiary alicyclic amines) is 1. The van der Waals surface area contributed by atoms with Gasteiger partial charge in [0.2, 0.25) is 0 Å². The standard InChI is InChI=1S/C30H37NO3/c1-2-8-25(16-17-30(32)33)13-7-20-34-24-28-12-6-11-27(14-15-28)22-31-19-18-29(23-31)21-26-9-4-3-5-10-26/h2-5,7-15,20,29H,6,16-19,21-24H2,1H3,(H,32,33)/b8-2-,20-7+,25-13+. The molecule has 1 fully saturated rings. The molecule has 4 nitrogen and oxygen atoms in total. The highest BCUT2D eigenvalue weighted by atomic mass is 16.5. The first-order chi connectivity index (χ1) is 16.6. The lowest BCUT2D eigenvalue weighted by atomic mass is 9.99. The van der Waals surface area contributed by atoms with Crippen LogP contribution in [0.4, 0.5) is 0 Å². The number of carboxylic acid groups (broad SMARTS) is 1. The highest BCUT2D eigenvalue weighted by molar-refractivity contribution is 5.67. The summed E-state index contributed by atoms with van der Waals surface area (Å²) in [6, 6.07) is 10.8. The first kappa shape index (κ1) is 25.5. The molecule has 4 heteroatoms. The van der Waals surface area contributed by atoms with Gasteiger partial charge in [0.25, 0.3) is 0 Å². The van der Waals surface area contributed by atoms with E-state index < -0.39 is 5.97 Å². The second-order valence-electron chi connectivity index (χ2n) is 8.98. The Kier molecular flexibility index (Phi) is 10.7. The molecule has 1 aromatic rings. The van der Waals surface area contributed by atoms with E-state index in [-0.39, 0.29) is 6.42 Å². The Morgan fingerprint density at radius 3 is 2.74 bits per heavy atom. The van der Waals surface area contributed by atoms with E-state index in [1.54, 1.807) is 6.26 Å². The maximum absolute atomic E-state index is 10.8. The van der Waals surface area contributed by atoms with E-state index in [1.807, 2.05) is 31.2 Å². The van der Waals surface area contributed by atoms with Gasteiger partial charge in [0.1, 0.15) is 6.61 Å². The molecule has 0 bridgehead atoms. The number of nitrogens with zero attached hydrogens (tertiary/aromatic N) is 1. The molecular weight excluding hydrogens is 422 g/mol. The van der Waals surface area contributed by atoms with Gasteiger partial charge in [0.15, 0.2) is 0 Å². The molecular formula is C30H37NO3. The average Bonchev–Trinajstić information content (AvgIpc) is 3.14. The highest BCUT2D eigenvalue weighted by Crippen LogP contribution is 2.22. The summed E-state index contributed by atoms with van der Waals surface area (Å²) in [6.07, 6.45) is 22.2. The predicted molar refractivity (Wildman–Crippen MR) is 139 cm³/mol. The Balaban J connectivity index is 1.39. The van der Waals surface area contributed by atoms with Gasteiger partial charge in [-0.1, -0.05) is 72.9 Å². The number of hydrogen-bond acceptors (Lipinski definition) is 3. The van der Waals surface area contributed by atoms with E-state index >= 15 is 0 Å². The number of allylic oxidation sites excluding steroid dienone is 7. The van der Waals surface area contributed by atoms with Gasteiger partial charge < -0.3 is 9.84 Å². The minimum Gasteiger partial charge on any atom is -0.497 e. The molecule has 34 heavy (non-hydrogen) atoms. The molecule has 0 radical (unpaired) electrons. The third-order valence-corrected chi connectivity index (χ3v) is 6.16. The van der Waals surface area contributed by atoms with Crippen LogP contribution in [0.1, 0.15) is 38.2 Å². The lowest BCUT2D eigenvalue weighted by Gasteiger charge is -2.16. The first-order valence-electron chi connectivity index (χ1n) is 12.3. The van der Waals surface area contributed by atoms with Crippen molar-refractivity contribution in [3.63, 3.8) is 0 Å². The molecule has 0 aromatic heterocycles. The monoisotopic (exact) mass is 459 g/mol. The smallest absolute Gasteiger partial charge is 0.303 e. The number of carboxylic acids is 1. The quantitative estimate of drug-likeness (QED) is 0.296. The molecule has 1 aliphatic carbocycles. The summed E-state index contributed by atoms with van der Waals surface area (Å²) in [4.78, 5) is 13.4. The average molecular weight is 460 g/mol. The molecule has 1 saturated heterocycles. The zero-order valence-corrected chi connectivity index (χ0v) is 20.2. The first-order valence-corrected chi connectivity index (χ1v) is 12.3. The zero-order chi connectivity index (χ0) is 24.0. The summed E-state index contributed by atoms with van der Waals surface area (Å²) in [5.74, 6) is -0.0365. The largest absolute Gasteiger partial charge is 0.497 e. The van der Waals surface area contributed by atoms with E-state index in [0.29, 0.717) is 13.0 Å². The molecule has 1 atom stereocenters. The van der Waals surface area contributed by atoms with Crippen molar-refractivity contribution in [2.24, 2.45) is 5.92 Å². The summed E-state index contributed by atoms with van der Waals surface area (Å²) in [5.41, 5.74) is 4.96. The maximum atomic E-state index is 10.8. The second-order valence-corrected chi connectivity index (χ2v) is 8.98. The SMILES string of the molecule is C\C=C/C(=C\C=C\OCC1=CCC=C(CN2CCC(Cc3ccccc3)C2)C=C1)CCC(=O)O. The van der Waals surface area contributed by atoms with Crippen LogP contribution in [0.15, 0.2) is 102 Å². The maximum Gasteiger partial charge on any atom is 0.303 e. The molecule has 3 rings (SSSR count). The fraction of sp³-hybridized carbons (Fsp3) is 0.367. The van der Waals surface area contributed by atoms with Crippen LogP contribution in [0.5, 0.6) is 0 Å². The van der Waals surface area contributed by atoms with Crippen molar-refractivity contribution < 1.29 is 14.6 Å². The van der Waals surface area contributed by atoms with Gasteiger partial charge in [-0.2, -0.15) is 0 Å². The third-order valence-electron chi connectivity index (χ3n) is 6.16. The minimum atomic E-state index is -0.785. The third kappa shape index (κ3) is 9.40. The van der Waals surface area contributed by atoms with Crippen molar-refractivity contribution in [2.45, 2.75) is 39.0 Å². The summed E-state index contributed by atoms with van der Waals surface area (Å²) < 4.78 is 5.70. The summed E-state index contributed by atoms with van der Waals surface area (Å²) in [5, 5.41) is 8.86. The van der Waals surface area contributed by atoms with Gasteiger partial charge in [0.05, 0.1) is 6.26 Å². The number of rotatable bonds is 12. The molecule has 2 aliphatic rings.